The van der Waals surface area contributed by atoms with Crippen LogP contribution in [0.5, 0.6) is 0 Å². The van der Waals surface area contributed by atoms with Gasteiger partial charge in [0.15, 0.2) is 0 Å². The Morgan fingerprint density at radius 3 is 2.53 bits per heavy atom. The van der Waals surface area contributed by atoms with Crippen molar-refractivity contribution in [2.24, 2.45) is 17.8 Å². The van der Waals surface area contributed by atoms with Crippen molar-refractivity contribution >= 4 is 11.9 Å². The summed E-state index contributed by atoms with van der Waals surface area (Å²) < 4.78 is 4.81. The van der Waals surface area contributed by atoms with Gasteiger partial charge < -0.3 is 10.1 Å². The minimum atomic E-state index is -0.166. The lowest BCUT2D eigenvalue weighted by atomic mass is 9.84. The van der Waals surface area contributed by atoms with Crippen LogP contribution in [0.4, 0.5) is 0 Å². The van der Waals surface area contributed by atoms with Gasteiger partial charge in [0.25, 0.3) is 0 Å². The zero-order valence-electron chi connectivity index (χ0n) is 9.16. The molecule has 15 heavy (non-hydrogen) atoms. The van der Waals surface area contributed by atoms with Crippen LogP contribution in [0.3, 0.4) is 0 Å². The largest absolute Gasteiger partial charge is 0.469 e. The average molecular weight is 211 g/mol. The fourth-order valence-corrected chi connectivity index (χ4v) is 3.21. The number of carbonyl (C=O) groups is 2. The van der Waals surface area contributed by atoms with Crippen molar-refractivity contribution in [2.75, 3.05) is 7.11 Å². The molecule has 0 spiro atoms. The van der Waals surface area contributed by atoms with Crippen molar-refractivity contribution in [2.45, 2.75) is 32.2 Å². The molecule has 0 aromatic carbocycles. The van der Waals surface area contributed by atoms with Gasteiger partial charge in [0.05, 0.1) is 13.0 Å². The average Bonchev–Trinajstić information content (AvgIpc) is 2.76. The van der Waals surface area contributed by atoms with Crippen LogP contribution >= 0.6 is 0 Å². The van der Waals surface area contributed by atoms with E-state index < -0.39 is 0 Å². The summed E-state index contributed by atoms with van der Waals surface area (Å²) >= 11 is 0. The molecule has 2 aliphatic carbocycles. The summed E-state index contributed by atoms with van der Waals surface area (Å²) in [6, 6.07) is 0.00806. The van der Waals surface area contributed by atoms with Crippen LogP contribution in [-0.2, 0) is 14.3 Å². The fraction of sp³-hybridized carbons (Fsp3) is 0.818. The van der Waals surface area contributed by atoms with Gasteiger partial charge in [0, 0.05) is 13.0 Å². The number of carbonyl (C=O) groups excluding carboxylic acids is 2. The van der Waals surface area contributed by atoms with E-state index in [0.29, 0.717) is 11.8 Å². The smallest absolute Gasteiger partial charge is 0.311 e. The number of fused-ring (bicyclic) bond motifs is 2. The van der Waals surface area contributed by atoms with Gasteiger partial charge >= 0.3 is 5.97 Å². The van der Waals surface area contributed by atoms with Gasteiger partial charge in [-0.1, -0.05) is 0 Å². The van der Waals surface area contributed by atoms with Gasteiger partial charge in [-0.25, -0.2) is 0 Å². The first-order valence-electron chi connectivity index (χ1n) is 5.48. The molecule has 0 saturated heterocycles. The summed E-state index contributed by atoms with van der Waals surface area (Å²) in [6.45, 7) is 1.50. The Labute approximate surface area is 89.4 Å². The summed E-state index contributed by atoms with van der Waals surface area (Å²) in [5, 5.41) is 2.90. The van der Waals surface area contributed by atoms with E-state index >= 15 is 0 Å². The highest BCUT2D eigenvalue weighted by molar-refractivity contribution is 5.78. The third-order valence-electron chi connectivity index (χ3n) is 3.76. The first-order chi connectivity index (χ1) is 7.13. The van der Waals surface area contributed by atoms with Crippen molar-refractivity contribution in [3.63, 3.8) is 0 Å². The molecule has 0 heterocycles. The Morgan fingerprint density at radius 1 is 1.27 bits per heavy atom. The fourth-order valence-electron chi connectivity index (χ4n) is 3.21. The molecule has 4 unspecified atom stereocenters. The second-order valence-electron chi connectivity index (χ2n) is 4.61. The molecule has 0 aromatic rings. The quantitative estimate of drug-likeness (QED) is 0.684. The zero-order chi connectivity index (χ0) is 11.0. The van der Waals surface area contributed by atoms with Gasteiger partial charge in [-0.15, -0.1) is 0 Å². The van der Waals surface area contributed by atoms with Crippen molar-refractivity contribution in [1.29, 1.82) is 0 Å². The molecular formula is C11H17NO3. The molecule has 2 saturated carbocycles. The molecular weight excluding hydrogens is 194 g/mol. The van der Waals surface area contributed by atoms with E-state index in [1.165, 1.54) is 14.0 Å². The third-order valence-corrected chi connectivity index (χ3v) is 3.76. The predicted molar refractivity (Wildman–Crippen MR) is 53.9 cm³/mol. The minimum Gasteiger partial charge on any atom is -0.469 e. The number of rotatable bonds is 2. The predicted octanol–water partition coefficient (Wildman–Crippen LogP) is 0.710. The van der Waals surface area contributed by atoms with Crippen molar-refractivity contribution in [3.05, 3.63) is 0 Å². The zero-order valence-corrected chi connectivity index (χ0v) is 9.16. The Kier molecular flexibility index (Phi) is 2.67. The van der Waals surface area contributed by atoms with Crippen LogP contribution in [0.2, 0.25) is 0 Å². The van der Waals surface area contributed by atoms with E-state index in [2.05, 4.69) is 5.32 Å². The number of methoxy groups -OCH3 is 1. The van der Waals surface area contributed by atoms with Crippen molar-refractivity contribution in [3.8, 4) is 0 Å². The molecule has 4 heteroatoms. The summed E-state index contributed by atoms with van der Waals surface area (Å²) in [5.74, 6) is 0.558. The second-order valence-corrected chi connectivity index (χ2v) is 4.61. The highest BCUT2D eigenvalue weighted by Crippen LogP contribution is 2.48. The number of hydrogen-bond acceptors (Lipinski definition) is 3. The van der Waals surface area contributed by atoms with Crippen LogP contribution in [0.25, 0.3) is 0 Å². The molecule has 4 atom stereocenters. The highest BCUT2D eigenvalue weighted by atomic mass is 16.5. The van der Waals surface area contributed by atoms with E-state index in [-0.39, 0.29) is 23.8 Å². The Morgan fingerprint density at radius 2 is 1.93 bits per heavy atom. The van der Waals surface area contributed by atoms with Gasteiger partial charge in [-0.05, 0) is 31.1 Å². The molecule has 2 aliphatic rings. The Bertz CT molecular complexity index is 290. The minimum absolute atomic E-state index is 0.00806. The number of hydrogen-bond donors (Lipinski definition) is 1. The molecule has 0 radical (unpaired) electrons. The lowest BCUT2D eigenvalue weighted by molar-refractivity contribution is -0.148. The first-order valence-corrected chi connectivity index (χ1v) is 5.48. The van der Waals surface area contributed by atoms with E-state index in [0.717, 1.165) is 19.3 Å². The maximum Gasteiger partial charge on any atom is 0.311 e. The molecule has 2 bridgehead atoms. The molecule has 2 fully saturated rings. The topological polar surface area (TPSA) is 55.4 Å². The summed E-state index contributed by atoms with van der Waals surface area (Å²) in [4.78, 5) is 22.7. The number of nitrogens with one attached hydrogen (secondary N) is 1. The van der Waals surface area contributed by atoms with Crippen molar-refractivity contribution < 1.29 is 14.3 Å². The molecule has 0 aromatic heterocycles. The molecule has 4 nitrogen and oxygen atoms in total. The molecule has 2 rings (SSSR count). The lowest BCUT2D eigenvalue weighted by Crippen LogP contribution is -2.46. The number of esters is 1. The van der Waals surface area contributed by atoms with Crippen LogP contribution in [0, 0.1) is 17.8 Å². The maximum absolute atomic E-state index is 11.6. The summed E-state index contributed by atoms with van der Waals surface area (Å²) in [7, 11) is 1.42. The van der Waals surface area contributed by atoms with Crippen LogP contribution in [0.15, 0.2) is 0 Å². The van der Waals surface area contributed by atoms with E-state index in [1.807, 2.05) is 0 Å². The number of amides is 1. The van der Waals surface area contributed by atoms with Gasteiger partial charge in [-0.3, -0.25) is 9.59 Å². The standard InChI is InChI=1S/C11H17NO3/c1-6(13)12-10-8-4-3-7(5-8)9(10)11(14)15-2/h7-10H,3-5H2,1-2H3,(H,12,13). The SMILES string of the molecule is COC(=O)C1C2CCC(C2)C1NC(C)=O. The maximum atomic E-state index is 11.6. The van der Waals surface area contributed by atoms with Gasteiger partial charge in [0.1, 0.15) is 0 Å². The van der Waals surface area contributed by atoms with Crippen LogP contribution in [0.1, 0.15) is 26.2 Å². The summed E-state index contributed by atoms with van der Waals surface area (Å²) in [5.41, 5.74) is 0. The van der Waals surface area contributed by atoms with E-state index in [1.54, 1.807) is 0 Å². The first kappa shape index (κ1) is 10.5. The van der Waals surface area contributed by atoms with Crippen molar-refractivity contribution in [1.82, 2.24) is 5.32 Å². The van der Waals surface area contributed by atoms with Crippen LogP contribution in [-0.4, -0.2) is 25.0 Å². The monoisotopic (exact) mass is 211 g/mol. The molecule has 84 valence electrons. The number of ether oxygens (including phenoxy) is 1. The molecule has 1 N–H and O–H groups in total. The van der Waals surface area contributed by atoms with E-state index in [9.17, 15) is 9.59 Å². The normalized spacial score (nSPS) is 37.7. The Balaban J connectivity index is 2.12. The molecule has 0 aliphatic heterocycles. The second kappa shape index (κ2) is 3.83. The van der Waals surface area contributed by atoms with E-state index in [4.69, 9.17) is 4.74 Å². The highest BCUT2D eigenvalue weighted by Gasteiger charge is 2.51. The Hall–Kier alpha value is -1.06. The lowest BCUT2D eigenvalue weighted by Gasteiger charge is -2.29. The van der Waals surface area contributed by atoms with Gasteiger partial charge in [-0.2, -0.15) is 0 Å². The van der Waals surface area contributed by atoms with Gasteiger partial charge in [0.2, 0.25) is 5.91 Å². The van der Waals surface area contributed by atoms with Crippen LogP contribution < -0.4 is 5.32 Å². The third kappa shape index (κ3) is 1.73. The summed E-state index contributed by atoms with van der Waals surface area (Å²) in [6.07, 6.45) is 3.29. The molecule has 1 amide bonds.